The van der Waals surface area contributed by atoms with Crippen LogP contribution in [-0.2, 0) is 11.3 Å². The SMILES string of the molecule is Cc1ccc(C(=O)C(=O)N(Cc2ccc(F)cc2)C2CC2)cc1. The highest BCUT2D eigenvalue weighted by Crippen LogP contribution is 2.29. The summed E-state index contributed by atoms with van der Waals surface area (Å²) in [5, 5.41) is 0. The quantitative estimate of drug-likeness (QED) is 0.626. The molecule has 0 N–H and O–H groups in total. The van der Waals surface area contributed by atoms with Gasteiger partial charge >= 0.3 is 0 Å². The standard InChI is InChI=1S/C19H18FNO2/c1-13-2-6-15(7-3-13)18(22)19(23)21(17-10-11-17)12-14-4-8-16(20)9-5-14/h2-9,17H,10-12H2,1H3. The van der Waals surface area contributed by atoms with Gasteiger partial charge in [0.1, 0.15) is 5.82 Å². The number of carbonyl (C=O) groups is 2. The maximum Gasteiger partial charge on any atom is 0.295 e. The van der Waals surface area contributed by atoms with Gasteiger partial charge in [0.2, 0.25) is 5.78 Å². The van der Waals surface area contributed by atoms with Gasteiger partial charge in [0, 0.05) is 18.2 Å². The second-order valence-corrected chi connectivity index (χ2v) is 5.99. The first kappa shape index (κ1) is 15.4. The molecular formula is C19H18FNO2. The van der Waals surface area contributed by atoms with Gasteiger partial charge in [-0.3, -0.25) is 9.59 Å². The van der Waals surface area contributed by atoms with E-state index in [9.17, 15) is 14.0 Å². The lowest BCUT2D eigenvalue weighted by atomic mass is 10.1. The number of nitrogens with zero attached hydrogens (tertiary/aromatic N) is 1. The average Bonchev–Trinajstić information content (AvgIpc) is 3.38. The van der Waals surface area contributed by atoms with E-state index >= 15 is 0 Å². The van der Waals surface area contributed by atoms with Crippen molar-refractivity contribution in [3.63, 3.8) is 0 Å². The fourth-order valence-electron chi connectivity index (χ4n) is 2.50. The third-order valence-corrected chi connectivity index (χ3v) is 4.02. The third-order valence-electron chi connectivity index (χ3n) is 4.02. The van der Waals surface area contributed by atoms with Gasteiger partial charge in [0.25, 0.3) is 5.91 Å². The minimum Gasteiger partial charge on any atom is -0.328 e. The van der Waals surface area contributed by atoms with Crippen molar-refractivity contribution in [3.8, 4) is 0 Å². The first-order valence-corrected chi connectivity index (χ1v) is 7.71. The number of aryl methyl sites for hydroxylation is 1. The summed E-state index contributed by atoms with van der Waals surface area (Å²) < 4.78 is 13.0. The molecule has 1 aliphatic rings. The van der Waals surface area contributed by atoms with E-state index in [2.05, 4.69) is 0 Å². The fraction of sp³-hybridized carbons (Fsp3) is 0.263. The average molecular weight is 311 g/mol. The smallest absolute Gasteiger partial charge is 0.295 e. The second kappa shape index (κ2) is 6.32. The number of carbonyl (C=O) groups excluding carboxylic acids is 2. The lowest BCUT2D eigenvalue weighted by molar-refractivity contribution is -0.127. The normalized spacial score (nSPS) is 13.7. The Bertz CT molecular complexity index is 718. The van der Waals surface area contributed by atoms with E-state index in [1.165, 1.54) is 12.1 Å². The van der Waals surface area contributed by atoms with Crippen molar-refractivity contribution in [1.29, 1.82) is 0 Å². The molecule has 4 heteroatoms. The molecule has 2 aromatic carbocycles. The molecule has 1 saturated carbocycles. The van der Waals surface area contributed by atoms with Gasteiger partial charge in [-0.05, 0) is 37.5 Å². The predicted octanol–water partition coefficient (Wildman–Crippen LogP) is 3.51. The molecular weight excluding hydrogens is 293 g/mol. The van der Waals surface area contributed by atoms with Crippen LogP contribution in [0.25, 0.3) is 0 Å². The van der Waals surface area contributed by atoms with E-state index in [-0.39, 0.29) is 11.9 Å². The van der Waals surface area contributed by atoms with Crippen molar-refractivity contribution in [1.82, 2.24) is 4.90 Å². The van der Waals surface area contributed by atoms with E-state index in [0.29, 0.717) is 12.1 Å². The zero-order valence-electron chi connectivity index (χ0n) is 13.0. The molecule has 0 bridgehead atoms. The van der Waals surface area contributed by atoms with Crippen molar-refractivity contribution in [2.75, 3.05) is 0 Å². The van der Waals surface area contributed by atoms with Gasteiger partial charge < -0.3 is 4.90 Å². The molecule has 3 rings (SSSR count). The minimum atomic E-state index is -0.487. The van der Waals surface area contributed by atoms with E-state index in [4.69, 9.17) is 0 Å². The van der Waals surface area contributed by atoms with Crippen LogP contribution < -0.4 is 0 Å². The Morgan fingerprint density at radius 1 is 1.04 bits per heavy atom. The number of halogens is 1. The summed E-state index contributed by atoms with van der Waals surface area (Å²) in [7, 11) is 0. The van der Waals surface area contributed by atoms with Crippen LogP contribution in [0.5, 0.6) is 0 Å². The molecule has 0 aromatic heterocycles. The maximum absolute atomic E-state index is 13.0. The summed E-state index contributed by atoms with van der Waals surface area (Å²) in [6, 6.07) is 13.1. The Kier molecular flexibility index (Phi) is 4.24. The Labute approximate surface area is 134 Å². The Morgan fingerprint density at radius 2 is 1.65 bits per heavy atom. The molecule has 2 aromatic rings. The summed E-state index contributed by atoms with van der Waals surface area (Å²) in [4.78, 5) is 26.6. The molecule has 0 aliphatic heterocycles. The van der Waals surface area contributed by atoms with Gasteiger partial charge in [-0.2, -0.15) is 0 Å². The lowest BCUT2D eigenvalue weighted by Crippen LogP contribution is -2.37. The summed E-state index contributed by atoms with van der Waals surface area (Å²) in [5.41, 5.74) is 2.27. The van der Waals surface area contributed by atoms with Gasteiger partial charge in [-0.15, -0.1) is 0 Å². The number of rotatable bonds is 5. The van der Waals surface area contributed by atoms with Crippen LogP contribution in [0.15, 0.2) is 48.5 Å². The van der Waals surface area contributed by atoms with Crippen molar-refractivity contribution in [3.05, 3.63) is 71.0 Å². The Morgan fingerprint density at radius 3 is 2.22 bits per heavy atom. The van der Waals surface area contributed by atoms with Crippen LogP contribution in [0.3, 0.4) is 0 Å². The number of ketones is 1. The van der Waals surface area contributed by atoms with Crippen LogP contribution in [0.2, 0.25) is 0 Å². The first-order valence-electron chi connectivity index (χ1n) is 7.71. The molecule has 1 aliphatic carbocycles. The first-order chi connectivity index (χ1) is 11.0. The molecule has 0 saturated heterocycles. The molecule has 1 amide bonds. The third kappa shape index (κ3) is 3.65. The zero-order valence-corrected chi connectivity index (χ0v) is 13.0. The largest absolute Gasteiger partial charge is 0.328 e. The predicted molar refractivity (Wildman–Crippen MR) is 85.5 cm³/mol. The van der Waals surface area contributed by atoms with Crippen molar-refractivity contribution >= 4 is 11.7 Å². The lowest BCUT2D eigenvalue weighted by Gasteiger charge is -2.21. The van der Waals surface area contributed by atoms with E-state index in [1.54, 1.807) is 29.2 Å². The van der Waals surface area contributed by atoms with Crippen molar-refractivity contribution in [2.45, 2.75) is 32.4 Å². The van der Waals surface area contributed by atoms with Gasteiger partial charge in [-0.25, -0.2) is 4.39 Å². The highest BCUT2D eigenvalue weighted by molar-refractivity contribution is 6.42. The molecule has 0 unspecified atom stereocenters. The van der Waals surface area contributed by atoms with Crippen LogP contribution in [0, 0.1) is 12.7 Å². The van der Waals surface area contributed by atoms with E-state index in [0.717, 1.165) is 24.0 Å². The van der Waals surface area contributed by atoms with Crippen LogP contribution in [0.1, 0.15) is 34.3 Å². The van der Waals surface area contributed by atoms with Crippen LogP contribution >= 0.6 is 0 Å². The van der Waals surface area contributed by atoms with Crippen LogP contribution in [0.4, 0.5) is 4.39 Å². The highest BCUT2D eigenvalue weighted by Gasteiger charge is 2.35. The number of amides is 1. The Balaban J connectivity index is 1.77. The summed E-state index contributed by atoms with van der Waals surface area (Å²) >= 11 is 0. The maximum atomic E-state index is 13.0. The summed E-state index contributed by atoms with van der Waals surface area (Å²) in [6.45, 7) is 2.27. The van der Waals surface area contributed by atoms with Crippen LogP contribution in [-0.4, -0.2) is 22.6 Å². The van der Waals surface area contributed by atoms with E-state index < -0.39 is 11.7 Å². The Hall–Kier alpha value is -2.49. The monoisotopic (exact) mass is 311 g/mol. The number of hydrogen-bond acceptors (Lipinski definition) is 2. The second-order valence-electron chi connectivity index (χ2n) is 5.99. The topological polar surface area (TPSA) is 37.4 Å². The van der Waals surface area contributed by atoms with Gasteiger partial charge in [0.15, 0.2) is 0 Å². The molecule has 0 radical (unpaired) electrons. The number of Topliss-reactive ketones (excluding diaryl/α,β-unsaturated/α-hetero) is 1. The molecule has 3 nitrogen and oxygen atoms in total. The van der Waals surface area contributed by atoms with Crippen molar-refractivity contribution < 1.29 is 14.0 Å². The molecule has 0 spiro atoms. The number of benzene rings is 2. The summed E-state index contributed by atoms with van der Waals surface area (Å²) in [6.07, 6.45) is 1.82. The number of hydrogen-bond donors (Lipinski definition) is 0. The molecule has 0 atom stereocenters. The molecule has 0 heterocycles. The fourth-order valence-corrected chi connectivity index (χ4v) is 2.50. The summed E-state index contributed by atoms with van der Waals surface area (Å²) in [5.74, 6) is -1.28. The van der Waals surface area contributed by atoms with Gasteiger partial charge in [-0.1, -0.05) is 42.0 Å². The van der Waals surface area contributed by atoms with E-state index in [1.807, 2.05) is 19.1 Å². The molecule has 1 fully saturated rings. The van der Waals surface area contributed by atoms with Crippen molar-refractivity contribution in [2.24, 2.45) is 0 Å². The minimum absolute atomic E-state index is 0.113. The van der Waals surface area contributed by atoms with Gasteiger partial charge in [0.05, 0.1) is 0 Å². The molecule has 118 valence electrons. The zero-order chi connectivity index (χ0) is 16.4. The highest BCUT2D eigenvalue weighted by atomic mass is 19.1. The molecule has 23 heavy (non-hydrogen) atoms.